The predicted octanol–water partition coefficient (Wildman–Crippen LogP) is 4.77. The lowest BCUT2D eigenvalue weighted by atomic mass is 9.99. The van der Waals surface area contributed by atoms with Crippen molar-refractivity contribution in [3.8, 4) is 11.4 Å². The molecule has 0 radical (unpaired) electrons. The zero-order chi connectivity index (χ0) is 25.2. The highest BCUT2D eigenvalue weighted by Crippen LogP contribution is 2.43. The second-order valence-corrected chi connectivity index (χ2v) is 9.21. The van der Waals surface area contributed by atoms with Crippen molar-refractivity contribution < 1.29 is 26.9 Å². The quantitative estimate of drug-likeness (QED) is 0.397. The third-order valence-corrected chi connectivity index (χ3v) is 6.67. The van der Waals surface area contributed by atoms with Crippen LogP contribution in [0.25, 0.3) is 16.9 Å². The van der Waals surface area contributed by atoms with Gasteiger partial charge in [0.05, 0.1) is 29.1 Å². The van der Waals surface area contributed by atoms with E-state index in [1.54, 1.807) is 41.4 Å². The summed E-state index contributed by atoms with van der Waals surface area (Å²) in [6.07, 6.45) is -1.77. The Hall–Kier alpha value is -3.96. The fourth-order valence-corrected chi connectivity index (χ4v) is 4.25. The predicted molar refractivity (Wildman–Crippen MR) is 122 cm³/mol. The summed E-state index contributed by atoms with van der Waals surface area (Å²) in [5.74, 6) is -1.57. The number of hydrogen-bond donors (Lipinski definition) is 1. The van der Waals surface area contributed by atoms with Gasteiger partial charge in [0, 0.05) is 36.2 Å². The van der Waals surface area contributed by atoms with Gasteiger partial charge in [-0.2, -0.15) is 23.3 Å². The lowest BCUT2D eigenvalue weighted by Gasteiger charge is -2.41. The van der Waals surface area contributed by atoms with Crippen LogP contribution in [0.2, 0.25) is 0 Å². The van der Waals surface area contributed by atoms with Crippen LogP contribution < -0.4 is 10.2 Å². The largest absolute Gasteiger partial charge is 0.395 e. The van der Waals surface area contributed by atoms with Gasteiger partial charge in [-0.05, 0) is 37.1 Å². The molecule has 12 heteroatoms. The van der Waals surface area contributed by atoms with Gasteiger partial charge in [0.1, 0.15) is 6.17 Å². The van der Waals surface area contributed by atoms with Crippen molar-refractivity contribution in [3.05, 3.63) is 59.7 Å². The average Bonchev–Trinajstić information content (AvgIpc) is 3.19. The normalized spacial score (nSPS) is 20.0. The van der Waals surface area contributed by atoms with Gasteiger partial charge in [-0.1, -0.05) is 17.3 Å². The fraction of sp³-hybridized carbons (Fsp3) is 0.333. The molecule has 0 bridgehead atoms. The third kappa shape index (κ3) is 3.95. The number of amides is 1. The molecule has 0 spiro atoms. The standard InChI is InChI=1S/C24H20F4N6O2/c1-12-2-3-13(21-31-23(36-32-21)16-8-18(16)25)6-19(12)30-22(35)17-9-29-34-5-4-15(7-20(17)34)33-10-14(11-33)24(26,27)28/h2-7,9,14,16,18H,8,10-11H2,1H3,(H,30,35)/t16-,18-/m0/s1. The number of halogens is 4. The molecule has 4 heterocycles. The lowest BCUT2D eigenvalue weighted by molar-refractivity contribution is -0.180. The number of nitrogens with one attached hydrogen (secondary N) is 1. The molecule has 1 saturated heterocycles. The van der Waals surface area contributed by atoms with Crippen molar-refractivity contribution in [1.29, 1.82) is 0 Å². The first-order valence-electron chi connectivity index (χ1n) is 11.4. The van der Waals surface area contributed by atoms with E-state index >= 15 is 0 Å². The molecule has 1 saturated carbocycles. The first kappa shape index (κ1) is 22.5. The Kier molecular flexibility index (Phi) is 5.02. The van der Waals surface area contributed by atoms with E-state index in [2.05, 4.69) is 20.6 Å². The number of carbonyl (C=O) groups excluding carboxylic acids is 1. The number of aromatic nitrogens is 4. The van der Waals surface area contributed by atoms with Crippen LogP contribution in [0.4, 0.5) is 28.9 Å². The highest BCUT2D eigenvalue weighted by Gasteiger charge is 2.47. The Morgan fingerprint density at radius 3 is 2.69 bits per heavy atom. The van der Waals surface area contributed by atoms with E-state index in [9.17, 15) is 22.4 Å². The molecule has 1 amide bonds. The van der Waals surface area contributed by atoms with Crippen molar-refractivity contribution in [2.24, 2.45) is 5.92 Å². The van der Waals surface area contributed by atoms with Gasteiger partial charge in [0.15, 0.2) is 0 Å². The summed E-state index contributed by atoms with van der Waals surface area (Å²) in [6, 6.07) is 8.62. The van der Waals surface area contributed by atoms with Crippen LogP contribution in [0.3, 0.4) is 0 Å². The maximum Gasteiger partial charge on any atom is 0.395 e. The molecule has 1 aliphatic heterocycles. The van der Waals surface area contributed by atoms with E-state index < -0.39 is 24.2 Å². The molecule has 8 nitrogen and oxygen atoms in total. The van der Waals surface area contributed by atoms with Gasteiger partial charge in [-0.25, -0.2) is 8.91 Å². The maximum atomic E-state index is 13.3. The molecule has 1 aromatic carbocycles. The summed E-state index contributed by atoms with van der Waals surface area (Å²) in [6.45, 7) is 1.59. The molecule has 2 atom stereocenters. The fourth-order valence-electron chi connectivity index (χ4n) is 4.25. The van der Waals surface area contributed by atoms with Crippen LogP contribution in [-0.4, -0.2) is 51.1 Å². The van der Waals surface area contributed by atoms with E-state index in [0.29, 0.717) is 34.7 Å². The number of fused-ring (bicyclic) bond motifs is 1. The molecule has 2 aliphatic rings. The Labute approximate surface area is 201 Å². The Morgan fingerprint density at radius 2 is 1.97 bits per heavy atom. The second-order valence-electron chi connectivity index (χ2n) is 9.21. The van der Waals surface area contributed by atoms with Crippen LogP contribution in [0.15, 0.2) is 47.2 Å². The first-order chi connectivity index (χ1) is 17.2. The summed E-state index contributed by atoms with van der Waals surface area (Å²) >= 11 is 0. The number of alkyl halides is 4. The van der Waals surface area contributed by atoms with Gasteiger partial charge in [-0.15, -0.1) is 0 Å². The number of aryl methyl sites for hydroxylation is 1. The molecule has 36 heavy (non-hydrogen) atoms. The highest BCUT2D eigenvalue weighted by molar-refractivity contribution is 6.09. The third-order valence-electron chi connectivity index (χ3n) is 6.67. The molecule has 186 valence electrons. The number of benzene rings is 1. The zero-order valence-electron chi connectivity index (χ0n) is 19.0. The minimum Gasteiger partial charge on any atom is -0.370 e. The number of anilines is 2. The number of nitrogens with zero attached hydrogens (tertiary/aromatic N) is 5. The van der Waals surface area contributed by atoms with E-state index in [1.165, 1.54) is 10.7 Å². The summed E-state index contributed by atoms with van der Waals surface area (Å²) in [5, 5.41) is 11.0. The number of rotatable bonds is 5. The minimum atomic E-state index is -4.22. The van der Waals surface area contributed by atoms with Crippen molar-refractivity contribution >= 4 is 22.8 Å². The van der Waals surface area contributed by atoms with Crippen molar-refractivity contribution in [2.75, 3.05) is 23.3 Å². The Morgan fingerprint density at radius 1 is 1.19 bits per heavy atom. The summed E-state index contributed by atoms with van der Waals surface area (Å²) < 4.78 is 58.6. The van der Waals surface area contributed by atoms with E-state index in [0.717, 1.165) is 5.56 Å². The SMILES string of the molecule is Cc1ccc(-c2noc([C@H]3C[C@@H]3F)n2)cc1NC(=O)c1cnn2ccc(N3CC(C(F)(F)F)C3)cc12. The molecule has 0 unspecified atom stereocenters. The topological polar surface area (TPSA) is 88.6 Å². The molecule has 6 rings (SSSR count). The van der Waals surface area contributed by atoms with Crippen molar-refractivity contribution in [3.63, 3.8) is 0 Å². The summed E-state index contributed by atoms with van der Waals surface area (Å²) in [5.41, 5.74) is 3.25. The van der Waals surface area contributed by atoms with E-state index in [1.807, 2.05) is 6.92 Å². The monoisotopic (exact) mass is 500 g/mol. The van der Waals surface area contributed by atoms with Crippen LogP contribution in [0.1, 0.15) is 34.2 Å². The highest BCUT2D eigenvalue weighted by atomic mass is 19.4. The molecule has 2 fully saturated rings. The second kappa shape index (κ2) is 8.04. The van der Waals surface area contributed by atoms with Crippen LogP contribution in [0, 0.1) is 12.8 Å². The molecular weight excluding hydrogens is 480 g/mol. The molecule has 4 aromatic rings. The summed E-state index contributed by atoms with van der Waals surface area (Å²) in [7, 11) is 0. The Bertz CT molecular complexity index is 1470. The zero-order valence-corrected chi connectivity index (χ0v) is 19.0. The van der Waals surface area contributed by atoms with Gasteiger partial charge < -0.3 is 14.7 Å². The molecule has 1 aliphatic carbocycles. The molecule has 1 N–H and O–H groups in total. The first-order valence-corrected chi connectivity index (χ1v) is 11.4. The van der Waals surface area contributed by atoms with Crippen molar-refractivity contribution in [1.82, 2.24) is 19.8 Å². The number of hydrogen-bond acceptors (Lipinski definition) is 6. The lowest BCUT2D eigenvalue weighted by Crippen LogP contribution is -2.53. The van der Waals surface area contributed by atoms with Crippen molar-refractivity contribution in [2.45, 2.75) is 31.6 Å². The maximum absolute atomic E-state index is 13.3. The van der Waals surface area contributed by atoms with Gasteiger partial charge in [0.25, 0.3) is 5.91 Å². The Balaban J connectivity index is 1.22. The number of carbonyl (C=O) groups is 1. The van der Waals surface area contributed by atoms with E-state index in [4.69, 9.17) is 4.52 Å². The van der Waals surface area contributed by atoms with Gasteiger partial charge >= 0.3 is 6.18 Å². The van der Waals surface area contributed by atoms with Crippen LogP contribution >= 0.6 is 0 Å². The van der Waals surface area contributed by atoms with Gasteiger partial charge in [0.2, 0.25) is 11.7 Å². The average molecular weight is 500 g/mol. The number of pyridine rings is 1. The summed E-state index contributed by atoms with van der Waals surface area (Å²) in [4.78, 5) is 19.0. The molecule has 3 aromatic heterocycles. The smallest absolute Gasteiger partial charge is 0.370 e. The van der Waals surface area contributed by atoms with E-state index in [-0.39, 0.29) is 30.5 Å². The van der Waals surface area contributed by atoms with Crippen LogP contribution in [-0.2, 0) is 0 Å². The minimum absolute atomic E-state index is 0.119. The van der Waals surface area contributed by atoms with Crippen LogP contribution in [0.5, 0.6) is 0 Å². The van der Waals surface area contributed by atoms with Gasteiger partial charge in [-0.3, -0.25) is 4.79 Å². The molecular formula is C24H20F4N6O2.